The maximum Gasteiger partial charge on any atom is 0.255 e. The first-order valence-electron chi connectivity index (χ1n) is 12.5. The Morgan fingerprint density at radius 1 is 0.861 bits per heavy atom. The Kier molecular flexibility index (Phi) is 5.84. The molecule has 0 atom stereocenters. The van der Waals surface area contributed by atoms with Crippen molar-refractivity contribution in [1.82, 2.24) is 14.4 Å². The minimum absolute atomic E-state index is 0.0386. The Balaban J connectivity index is 1.11. The van der Waals surface area contributed by atoms with Gasteiger partial charge in [-0.05, 0) is 73.2 Å². The van der Waals surface area contributed by atoms with E-state index in [0.717, 1.165) is 54.9 Å². The van der Waals surface area contributed by atoms with Gasteiger partial charge in [0.1, 0.15) is 12.4 Å². The van der Waals surface area contributed by atoms with Crippen molar-refractivity contribution in [2.45, 2.75) is 19.3 Å². The monoisotopic (exact) mass is 501 g/mol. The second-order valence-corrected chi connectivity index (χ2v) is 10.5. The van der Waals surface area contributed by atoms with Crippen molar-refractivity contribution in [1.29, 1.82) is 0 Å². The molecule has 2 fully saturated rings. The van der Waals surface area contributed by atoms with E-state index in [2.05, 4.69) is 0 Å². The molecule has 0 radical (unpaired) electrons. The molecule has 6 rings (SSSR count). The Labute approximate surface area is 215 Å². The lowest BCUT2D eigenvalue weighted by Crippen LogP contribution is -2.45. The Hall–Kier alpha value is -3.51. The molecule has 6 nitrogen and oxygen atoms in total. The first kappa shape index (κ1) is 22.9. The second-order valence-electron chi connectivity index (χ2n) is 10.0. The highest BCUT2D eigenvalue weighted by Gasteiger charge is 2.43. The van der Waals surface area contributed by atoms with Crippen molar-refractivity contribution >= 4 is 29.5 Å². The molecule has 184 valence electrons. The van der Waals surface area contributed by atoms with E-state index in [1.807, 2.05) is 81.4 Å². The standard InChI is InChI=1S/C29H28ClN3O3/c30-23-7-8-26-21(18-23)17-22(19-36-26)27(34)33-16-11-29(20-33)9-14-32(15-10-29)28(35)24-5-1-2-6-25(24)31-12-3-4-13-31/h1-8,12-13,17-18H,9-11,14-16,19-20H2. The van der Waals surface area contributed by atoms with Crippen LogP contribution in [0.25, 0.3) is 11.8 Å². The first-order valence-corrected chi connectivity index (χ1v) is 12.8. The van der Waals surface area contributed by atoms with Crippen LogP contribution < -0.4 is 4.74 Å². The van der Waals surface area contributed by atoms with Crippen molar-refractivity contribution < 1.29 is 14.3 Å². The van der Waals surface area contributed by atoms with Gasteiger partial charge in [-0.15, -0.1) is 0 Å². The highest BCUT2D eigenvalue weighted by atomic mass is 35.5. The van der Waals surface area contributed by atoms with Gasteiger partial charge in [0.15, 0.2) is 0 Å². The number of rotatable bonds is 3. The smallest absolute Gasteiger partial charge is 0.255 e. The van der Waals surface area contributed by atoms with E-state index >= 15 is 0 Å². The molecular weight excluding hydrogens is 474 g/mol. The average Bonchev–Trinajstić information content (AvgIpc) is 3.59. The lowest BCUT2D eigenvalue weighted by atomic mass is 9.77. The Bertz CT molecular complexity index is 1340. The number of aromatic nitrogens is 1. The minimum Gasteiger partial charge on any atom is -0.488 e. The SMILES string of the molecule is O=C(C1=Cc2cc(Cl)ccc2OC1)N1CCC2(CCN(C(=O)c3ccccc3-n3cccc3)CC2)C1. The quantitative estimate of drug-likeness (QED) is 0.504. The fourth-order valence-corrected chi connectivity index (χ4v) is 5.90. The molecule has 7 heteroatoms. The molecule has 3 aliphatic heterocycles. The summed E-state index contributed by atoms with van der Waals surface area (Å²) in [6.07, 6.45) is 8.60. The third-order valence-corrected chi connectivity index (χ3v) is 8.05. The molecule has 2 aromatic carbocycles. The average molecular weight is 502 g/mol. The van der Waals surface area contributed by atoms with Gasteiger partial charge in [-0.3, -0.25) is 9.59 Å². The van der Waals surface area contributed by atoms with Crippen LogP contribution in [0.1, 0.15) is 35.2 Å². The number of para-hydroxylation sites is 1. The molecule has 3 aromatic rings. The maximum absolute atomic E-state index is 13.4. The summed E-state index contributed by atoms with van der Waals surface area (Å²) in [7, 11) is 0. The van der Waals surface area contributed by atoms with Crippen molar-refractivity contribution in [3.05, 3.63) is 88.7 Å². The molecule has 2 amide bonds. The predicted molar refractivity (Wildman–Crippen MR) is 139 cm³/mol. The topological polar surface area (TPSA) is 54.8 Å². The van der Waals surface area contributed by atoms with Gasteiger partial charge >= 0.3 is 0 Å². The molecule has 0 N–H and O–H groups in total. The maximum atomic E-state index is 13.4. The highest BCUT2D eigenvalue weighted by molar-refractivity contribution is 6.30. The summed E-state index contributed by atoms with van der Waals surface area (Å²) < 4.78 is 7.79. The molecule has 3 aliphatic rings. The molecule has 0 unspecified atom stereocenters. The van der Waals surface area contributed by atoms with Crippen LogP contribution in [0, 0.1) is 5.41 Å². The number of likely N-dealkylation sites (tertiary alicyclic amines) is 2. The fourth-order valence-electron chi connectivity index (χ4n) is 5.72. The van der Waals surface area contributed by atoms with Gasteiger partial charge in [0.2, 0.25) is 0 Å². The van der Waals surface area contributed by atoms with Crippen molar-refractivity contribution in [2.24, 2.45) is 5.41 Å². The number of hydrogen-bond acceptors (Lipinski definition) is 3. The summed E-state index contributed by atoms with van der Waals surface area (Å²) in [5.41, 5.74) is 3.20. The summed E-state index contributed by atoms with van der Waals surface area (Å²) in [5.74, 6) is 0.864. The summed E-state index contributed by atoms with van der Waals surface area (Å²) in [6, 6.07) is 17.1. The van der Waals surface area contributed by atoms with E-state index < -0.39 is 0 Å². The number of benzene rings is 2. The lowest BCUT2D eigenvalue weighted by Gasteiger charge is -2.39. The summed E-state index contributed by atoms with van der Waals surface area (Å²) in [6.45, 7) is 3.16. The molecule has 36 heavy (non-hydrogen) atoms. The van der Waals surface area contributed by atoms with Crippen molar-refractivity contribution in [3.8, 4) is 11.4 Å². The number of piperidine rings is 1. The molecule has 2 saturated heterocycles. The zero-order valence-corrected chi connectivity index (χ0v) is 20.8. The summed E-state index contributed by atoms with van der Waals surface area (Å²) >= 11 is 6.13. The van der Waals surface area contributed by atoms with E-state index in [-0.39, 0.29) is 23.8 Å². The van der Waals surface area contributed by atoms with E-state index in [0.29, 0.717) is 23.7 Å². The second kappa shape index (κ2) is 9.17. The van der Waals surface area contributed by atoms with Crippen LogP contribution in [-0.2, 0) is 4.79 Å². The number of amides is 2. The van der Waals surface area contributed by atoms with E-state index in [1.54, 1.807) is 6.07 Å². The third-order valence-electron chi connectivity index (χ3n) is 7.81. The van der Waals surface area contributed by atoms with Gasteiger partial charge in [0, 0.05) is 49.2 Å². The van der Waals surface area contributed by atoms with Crippen LogP contribution in [0.5, 0.6) is 5.75 Å². The Morgan fingerprint density at radius 2 is 1.58 bits per heavy atom. The number of nitrogens with zero attached hydrogens (tertiary/aromatic N) is 3. The third kappa shape index (κ3) is 4.20. The van der Waals surface area contributed by atoms with Crippen LogP contribution in [0.3, 0.4) is 0 Å². The summed E-state index contributed by atoms with van der Waals surface area (Å²) in [4.78, 5) is 30.7. The van der Waals surface area contributed by atoms with Crippen molar-refractivity contribution in [2.75, 3.05) is 32.8 Å². The van der Waals surface area contributed by atoms with E-state index in [1.165, 1.54) is 0 Å². The summed E-state index contributed by atoms with van der Waals surface area (Å²) in [5, 5.41) is 0.625. The van der Waals surface area contributed by atoms with Crippen LogP contribution >= 0.6 is 11.6 Å². The van der Waals surface area contributed by atoms with Crippen LogP contribution in [0.4, 0.5) is 0 Å². The van der Waals surface area contributed by atoms with Gasteiger partial charge in [-0.2, -0.15) is 0 Å². The number of fused-ring (bicyclic) bond motifs is 1. The molecular formula is C29H28ClN3O3. The zero-order valence-electron chi connectivity index (χ0n) is 20.0. The molecule has 0 aliphatic carbocycles. The molecule has 0 bridgehead atoms. The predicted octanol–water partition coefficient (Wildman–Crippen LogP) is 5.06. The van der Waals surface area contributed by atoms with Gasteiger partial charge in [0.25, 0.3) is 11.8 Å². The van der Waals surface area contributed by atoms with E-state index in [9.17, 15) is 9.59 Å². The van der Waals surface area contributed by atoms with Crippen LogP contribution in [0.15, 0.2) is 72.6 Å². The van der Waals surface area contributed by atoms with Gasteiger partial charge in [-0.25, -0.2) is 0 Å². The van der Waals surface area contributed by atoms with Crippen LogP contribution in [-0.4, -0.2) is 59.0 Å². The fraction of sp³-hybridized carbons (Fsp3) is 0.310. The van der Waals surface area contributed by atoms with Gasteiger partial charge in [0.05, 0.1) is 16.8 Å². The first-order chi connectivity index (χ1) is 17.5. The number of carbonyl (C=O) groups excluding carboxylic acids is 2. The van der Waals surface area contributed by atoms with Crippen molar-refractivity contribution in [3.63, 3.8) is 0 Å². The minimum atomic E-state index is 0.0386. The van der Waals surface area contributed by atoms with Gasteiger partial charge < -0.3 is 19.1 Å². The number of halogens is 1. The van der Waals surface area contributed by atoms with Gasteiger partial charge in [-0.1, -0.05) is 23.7 Å². The number of ether oxygens (including phenoxy) is 1. The number of hydrogen-bond donors (Lipinski definition) is 0. The molecule has 1 aromatic heterocycles. The molecule has 0 saturated carbocycles. The zero-order chi connectivity index (χ0) is 24.7. The lowest BCUT2D eigenvalue weighted by molar-refractivity contribution is -0.127. The molecule has 4 heterocycles. The normalized spacial score (nSPS) is 18.5. The number of carbonyl (C=O) groups is 2. The van der Waals surface area contributed by atoms with E-state index in [4.69, 9.17) is 16.3 Å². The van der Waals surface area contributed by atoms with Crippen LogP contribution in [0.2, 0.25) is 5.02 Å². The molecule has 1 spiro atoms. The largest absolute Gasteiger partial charge is 0.488 e. The highest BCUT2D eigenvalue weighted by Crippen LogP contribution is 2.41. The Morgan fingerprint density at radius 3 is 2.36 bits per heavy atom.